The van der Waals surface area contributed by atoms with Crippen LogP contribution in [0.4, 0.5) is 0 Å². The maximum absolute atomic E-state index is 11.1. The number of carboxylic acid groups (broad SMARTS) is 1. The molecular formula is C8H15NO5S. The number of hydrogen-bond acceptors (Lipinski definition) is 5. The molecule has 0 aromatic rings. The van der Waals surface area contributed by atoms with Gasteiger partial charge in [0.2, 0.25) is 0 Å². The van der Waals surface area contributed by atoms with Gasteiger partial charge in [0.15, 0.2) is 15.4 Å². The molecule has 0 amide bonds. The number of aliphatic hydroxyl groups is 1. The first-order valence-corrected chi connectivity index (χ1v) is 6.44. The molecule has 1 heterocycles. The number of rotatable bonds is 3. The Bertz CT molecular complexity index is 334. The van der Waals surface area contributed by atoms with E-state index in [1.54, 1.807) is 4.90 Å². The molecule has 1 unspecified atom stereocenters. The minimum absolute atomic E-state index is 0.0305. The summed E-state index contributed by atoms with van der Waals surface area (Å²) >= 11 is 0. The second-order valence-corrected chi connectivity index (χ2v) is 6.31. The van der Waals surface area contributed by atoms with Crippen LogP contribution in [0.15, 0.2) is 0 Å². The van der Waals surface area contributed by atoms with Crippen LogP contribution in [0.2, 0.25) is 0 Å². The lowest BCUT2D eigenvalue weighted by atomic mass is 10.1. The van der Waals surface area contributed by atoms with Crippen molar-refractivity contribution in [3.63, 3.8) is 0 Å². The topological polar surface area (TPSA) is 94.9 Å². The van der Waals surface area contributed by atoms with Crippen LogP contribution >= 0.6 is 0 Å². The summed E-state index contributed by atoms with van der Waals surface area (Å²) in [6, 6.07) is 0. The third-order valence-corrected chi connectivity index (χ3v) is 4.04. The van der Waals surface area contributed by atoms with Gasteiger partial charge in [-0.3, -0.25) is 4.90 Å². The van der Waals surface area contributed by atoms with E-state index in [0.717, 1.165) is 0 Å². The third-order valence-electron chi connectivity index (χ3n) is 2.43. The summed E-state index contributed by atoms with van der Waals surface area (Å²) in [6.07, 6.45) is 0. The van der Waals surface area contributed by atoms with Crippen LogP contribution in [0, 0.1) is 0 Å². The molecule has 0 spiro atoms. The van der Waals surface area contributed by atoms with Gasteiger partial charge in [-0.25, -0.2) is 13.2 Å². The van der Waals surface area contributed by atoms with Crippen molar-refractivity contribution in [3.05, 3.63) is 0 Å². The molecule has 1 rings (SSSR count). The van der Waals surface area contributed by atoms with Crippen LogP contribution in [0.3, 0.4) is 0 Å². The fourth-order valence-corrected chi connectivity index (χ4v) is 2.69. The Hall–Kier alpha value is -0.660. The maximum atomic E-state index is 11.1. The third kappa shape index (κ3) is 3.44. The molecule has 88 valence electrons. The number of carbonyl (C=O) groups is 1. The Labute approximate surface area is 88.4 Å². The zero-order valence-corrected chi connectivity index (χ0v) is 9.33. The minimum atomic E-state index is -2.96. The molecule has 0 radical (unpaired) electrons. The first-order valence-electron chi connectivity index (χ1n) is 4.61. The molecule has 0 aromatic carbocycles. The largest absolute Gasteiger partial charge is 0.479 e. The summed E-state index contributed by atoms with van der Waals surface area (Å²) in [7, 11) is -2.96. The molecule has 0 aliphatic carbocycles. The number of sulfone groups is 1. The Morgan fingerprint density at radius 2 is 1.87 bits per heavy atom. The highest BCUT2D eigenvalue weighted by Gasteiger charge is 2.34. The average molecular weight is 237 g/mol. The zero-order chi connectivity index (χ0) is 11.7. The van der Waals surface area contributed by atoms with E-state index in [2.05, 4.69) is 0 Å². The quantitative estimate of drug-likeness (QED) is 0.623. The second-order valence-electron chi connectivity index (χ2n) is 4.01. The van der Waals surface area contributed by atoms with E-state index in [1.807, 2.05) is 0 Å². The van der Waals surface area contributed by atoms with Crippen molar-refractivity contribution in [1.29, 1.82) is 0 Å². The highest BCUT2D eigenvalue weighted by atomic mass is 32.2. The summed E-state index contributed by atoms with van der Waals surface area (Å²) in [6.45, 7) is 1.73. The van der Waals surface area contributed by atoms with Gasteiger partial charge in [-0.2, -0.15) is 0 Å². The monoisotopic (exact) mass is 237 g/mol. The zero-order valence-electron chi connectivity index (χ0n) is 8.51. The summed E-state index contributed by atoms with van der Waals surface area (Å²) in [4.78, 5) is 12.3. The molecule has 1 saturated heterocycles. The highest BCUT2D eigenvalue weighted by molar-refractivity contribution is 7.91. The van der Waals surface area contributed by atoms with E-state index in [1.165, 1.54) is 6.92 Å². The van der Waals surface area contributed by atoms with Gasteiger partial charge >= 0.3 is 5.97 Å². The van der Waals surface area contributed by atoms with Crippen LogP contribution in [0.5, 0.6) is 0 Å². The Morgan fingerprint density at radius 1 is 1.40 bits per heavy atom. The molecule has 1 aliphatic heterocycles. The molecule has 2 N–H and O–H groups in total. The average Bonchev–Trinajstić information content (AvgIpc) is 2.08. The summed E-state index contributed by atoms with van der Waals surface area (Å²) < 4.78 is 22.2. The van der Waals surface area contributed by atoms with Crippen LogP contribution in [-0.4, -0.2) is 66.2 Å². The summed E-state index contributed by atoms with van der Waals surface area (Å²) in [5.74, 6) is -1.23. The van der Waals surface area contributed by atoms with Gasteiger partial charge in [-0.1, -0.05) is 0 Å². The van der Waals surface area contributed by atoms with Crippen molar-refractivity contribution in [2.45, 2.75) is 12.5 Å². The van der Waals surface area contributed by atoms with E-state index in [4.69, 9.17) is 5.11 Å². The van der Waals surface area contributed by atoms with Gasteiger partial charge in [-0.05, 0) is 6.92 Å². The van der Waals surface area contributed by atoms with Crippen molar-refractivity contribution in [1.82, 2.24) is 4.90 Å². The molecule has 0 bridgehead atoms. The van der Waals surface area contributed by atoms with Crippen LogP contribution < -0.4 is 0 Å². The number of nitrogens with zero attached hydrogens (tertiary/aromatic N) is 1. The second kappa shape index (κ2) is 4.07. The van der Waals surface area contributed by atoms with Gasteiger partial charge in [0.05, 0.1) is 11.5 Å². The van der Waals surface area contributed by atoms with Crippen molar-refractivity contribution < 1.29 is 23.4 Å². The normalized spacial score (nSPS) is 25.7. The van der Waals surface area contributed by atoms with E-state index in [-0.39, 0.29) is 31.1 Å². The van der Waals surface area contributed by atoms with Crippen molar-refractivity contribution in [2.24, 2.45) is 0 Å². The van der Waals surface area contributed by atoms with Gasteiger partial charge in [-0.15, -0.1) is 0 Å². The van der Waals surface area contributed by atoms with Gasteiger partial charge in [0.1, 0.15) is 0 Å². The number of hydrogen-bond donors (Lipinski definition) is 2. The van der Waals surface area contributed by atoms with Crippen molar-refractivity contribution in [3.8, 4) is 0 Å². The highest BCUT2D eigenvalue weighted by Crippen LogP contribution is 2.10. The lowest BCUT2D eigenvalue weighted by Crippen LogP contribution is -2.51. The molecule has 1 fully saturated rings. The number of carboxylic acids is 1. The predicted octanol–water partition coefficient (Wildman–Crippen LogP) is -1.45. The lowest BCUT2D eigenvalue weighted by Gasteiger charge is -2.31. The predicted molar refractivity (Wildman–Crippen MR) is 53.4 cm³/mol. The Balaban J connectivity index is 2.53. The van der Waals surface area contributed by atoms with Crippen molar-refractivity contribution in [2.75, 3.05) is 31.1 Å². The number of β-amino-alcohol motifs (C(OH)–C–C–N with tert-alkyl or cyclic N) is 1. The fraction of sp³-hybridized carbons (Fsp3) is 0.875. The van der Waals surface area contributed by atoms with Crippen molar-refractivity contribution >= 4 is 15.8 Å². The standard InChI is InChI=1S/C8H15NO5S/c1-8(12,7(10)11)6-9-2-4-15(13,14)5-3-9/h12H,2-6H2,1H3,(H,10,11). The molecular weight excluding hydrogens is 222 g/mol. The fourth-order valence-electron chi connectivity index (χ4n) is 1.41. The van der Waals surface area contributed by atoms with Crippen LogP contribution in [0.1, 0.15) is 6.92 Å². The molecule has 0 saturated carbocycles. The Morgan fingerprint density at radius 3 is 2.27 bits per heavy atom. The first-order chi connectivity index (χ1) is 6.73. The summed E-state index contributed by atoms with van der Waals surface area (Å²) in [5, 5.41) is 18.2. The van der Waals surface area contributed by atoms with E-state index < -0.39 is 21.4 Å². The van der Waals surface area contributed by atoms with E-state index in [0.29, 0.717) is 0 Å². The summed E-state index contributed by atoms with van der Waals surface area (Å²) in [5.41, 5.74) is -1.82. The van der Waals surface area contributed by atoms with Gasteiger partial charge in [0, 0.05) is 19.6 Å². The van der Waals surface area contributed by atoms with Crippen LogP contribution in [0.25, 0.3) is 0 Å². The minimum Gasteiger partial charge on any atom is -0.479 e. The number of aliphatic carboxylic acids is 1. The van der Waals surface area contributed by atoms with E-state index in [9.17, 15) is 18.3 Å². The van der Waals surface area contributed by atoms with Gasteiger partial charge < -0.3 is 10.2 Å². The first kappa shape index (κ1) is 12.4. The maximum Gasteiger partial charge on any atom is 0.336 e. The van der Waals surface area contributed by atoms with Gasteiger partial charge in [0.25, 0.3) is 0 Å². The lowest BCUT2D eigenvalue weighted by molar-refractivity contribution is -0.158. The molecule has 1 atom stereocenters. The van der Waals surface area contributed by atoms with Crippen LogP contribution in [-0.2, 0) is 14.6 Å². The molecule has 6 nitrogen and oxygen atoms in total. The smallest absolute Gasteiger partial charge is 0.336 e. The van der Waals surface area contributed by atoms with E-state index >= 15 is 0 Å². The molecule has 7 heteroatoms. The molecule has 0 aromatic heterocycles. The Kier molecular flexibility index (Phi) is 3.37. The molecule has 15 heavy (non-hydrogen) atoms. The molecule has 1 aliphatic rings. The SMILES string of the molecule is CC(O)(CN1CCS(=O)(=O)CC1)C(=O)O.